The molecule has 0 fully saturated rings. The highest BCUT2D eigenvalue weighted by Gasteiger charge is 2.04. The molecule has 0 bridgehead atoms. The first-order chi connectivity index (χ1) is 10.8. The molecule has 0 amide bonds. The predicted octanol–water partition coefficient (Wildman–Crippen LogP) is 3.77. The lowest BCUT2D eigenvalue weighted by atomic mass is 10.1. The molecule has 3 aromatic rings. The molecule has 0 unspecified atom stereocenters. The third kappa shape index (κ3) is 3.86. The molecule has 1 aromatic heterocycles. The largest absolute Gasteiger partial charge is 0.301 e. The lowest BCUT2D eigenvalue weighted by Gasteiger charge is -2.04. The monoisotopic (exact) mass is 308 g/mol. The summed E-state index contributed by atoms with van der Waals surface area (Å²) in [6.45, 7) is 0. The van der Waals surface area contributed by atoms with Gasteiger partial charge < -0.3 is 4.98 Å². The van der Waals surface area contributed by atoms with Crippen molar-refractivity contribution in [1.29, 1.82) is 0 Å². The zero-order valence-corrected chi connectivity index (χ0v) is 12.8. The first-order valence-electron chi connectivity index (χ1n) is 7.15. The van der Waals surface area contributed by atoms with Gasteiger partial charge in [0.1, 0.15) is 0 Å². The zero-order valence-electron chi connectivity index (χ0n) is 12.0. The Kier molecular flexibility index (Phi) is 4.71. The maximum atomic E-state index is 11.8. The summed E-state index contributed by atoms with van der Waals surface area (Å²) in [7, 11) is 0. The molecule has 1 heterocycles. The molecule has 0 radical (unpaired) electrons. The minimum absolute atomic E-state index is 0.115. The standard InChI is InChI=1S/C18H16N2OS/c21-17-13-16(15-9-5-2-6-10-15)19-18(20-17)22-12-11-14-7-3-1-4-8-14/h1-10,13H,11-12H2,(H,19,20,21). The average Bonchev–Trinajstić information content (AvgIpc) is 2.56. The summed E-state index contributed by atoms with van der Waals surface area (Å²) in [5, 5.41) is 0.669. The molecule has 0 aliphatic heterocycles. The Morgan fingerprint density at radius 3 is 2.36 bits per heavy atom. The smallest absolute Gasteiger partial charge is 0.252 e. The fourth-order valence-corrected chi connectivity index (χ4v) is 3.04. The maximum absolute atomic E-state index is 11.8. The molecule has 3 nitrogen and oxygen atoms in total. The number of nitrogens with one attached hydrogen (secondary N) is 1. The molecular weight excluding hydrogens is 292 g/mol. The lowest BCUT2D eigenvalue weighted by molar-refractivity contribution is 0.940. The highest BCUT2D eigenvalue weighted by Crippen LogP contribution is 2.19. The number of H-pyrrole nitrogens is 1. The molecule has 0 saturated carbocycles. The molecule has 0 saturated heterocycles. The Morgan fingerprint density at radius 2 is 1.64 bits per heavy atom. The number of hydrogen-bond donors (Lipinski definition) is 1. The number of hydrogen-bond acceptors (Lipinski definition) is 3. The van der Waals surface area contributed by atoms with Gasteiger partial charge in [-0.2, -0.15) is 0 Å². The van der Waals surface area contributed by atoms with E-state index in [1.165, 1.54) is 11.6 Å². The number of rotatable bonds is 5. The van der Waals surface area contributed by atoms with E-state index >= 15 is 0 Å². The Bertz CT molecular complexity index is 785. The predicted molar refractivity (Wildman–Crippen MR) is 91.2 cm³/mol. The number of aromatic nitrogens is 2. The summed E-state index contributed by atoms with van der Waals surface area (Å²) < 4.78 is 0. The summed E-state index contributed by atoms with van der Waals surface area (Å²) in [6, 6.07) is 21.6. The van der Waals surface area contributed by atoms with Crippen LogP contribution in [0.2, 0.25) is 0 Å². The van der Waals surface area contributed by atoms with Crippen molar-refractivity contribution in [3.05, 3.63) is 82.6 Å². The van der Waals surface area contributed by atoms with Gasteiger partial charge in [0.05, 0.1) is 5.69 Å². The summed E-state index contributed by atoms with van der Waals surface area (Å²) >= 11 is 1.57. The van der Waals surface area contributed by atoms with E-state index in [2.05, 4.69) is 22.1 Å². The number of aryl methyl sites for hydroxylation is 1. The van der Waals surface area contributed by atoms with Crippen molar-refractivity contribution in [2.75, 3.05) is 5.75 Å². The van der Waals surface area contributed by atoms with E-state index in [-0.39, 0.29) is 5.56 Å². The molecule has 3 rings (SSSR count). The molecular formula is C18H16N2OS. The van der Waals surface area contributed by atoms with Crippen molar-refractivity contribution < 1.29 is 0 Å². The van der Waals surface area contributed by atoms with E-state index in [1.807, 2.05) is 48.5 Å². The molecule has 4 heteroatoms. The van der Waals surface area contributed by atoms with Crippen LogP contribution in [0, 0.1) is 0 Å². The Morgan fingerprint density at radius 1 is 0.955 bits per heavy atom. The van der Waals surface area contributed by atoms with Crippen LogP contribution in [-0.2, 0) is 6.42 Å². The van der Waals surface area contributed by atoms with E-state index < -0.39 is 0 Å². The van der Waals surface area contributed by atoms with Crippen LogP contribution in [0.4, 0.5) is 0 Å². The van der Waals surface area contributed by atoms with Gasteiger partial charge >= 0.3 is 0 Å². The van der Waals surface area contributed by atoms with Crippen LogP contribution in [0.1, 0.15) is 5.56 Å². The summed E-state index contributed by atoms with van der Waals surface area (Å²) in [4.78, 5) is 19.2. The molecule has 0 aliphatic rings. The van der Waals surface area contributed by atoms with Crippen molar-refractivity contribution in [1.82, 2.24) is 9.97 Å². The van der Waals surface area contributed by atoms with E-state index in [0.29, 0.717) is 10.9 Å². The van der Waals surface area contributed by atoms with Crippen molar-refractivity contribution in [3.8, 4) is 11.3 Å². The van der Waals surface area contributed by atoms with Gasteiger partial charge in [0, 0.05) is 17.4 Å². The minimum atomic E-state index is -0.115. The number of aromatic amines is 1. The van der Waals surface area contributed by atoms with E-state index in [1.54, 1.807) is 11.8 Å². The molecule has 2 aromatic carbocycles. The van der Waals surface area contributed by atoms with Gasteiger partial charge in [0.15, 0.2) is 5.16 Å². The van der Waals surface area contributed by atoms with Gasteiger partial charge in [-0.3, -0.25) is 4.79 Å². The SMILES string of the molecule is O=c1cc(-c2ccccc2)nc(SCCc2ccccc2)[nH]1. The highest BCUT2D eigenvalue weighted by molar-refractivity contribution is 7.99. The van der Waals surface area contributed by atoms with Crippen LogP contribution in [-0.4, -0.2) is 15.7 Å². The van der Waals surface area contributed by atoms with Gasteiger partial charge in [-0.25, -0.2) is 4.98 Å². The Labute approximate surface area is 133 Å². The number of thioether (sulfide) groups is 1. The number of benzene rings is 2. The molecule has 0 spiro atoms. The molecule has 1 N–H and O–H groups in total. The fraction of sp³-hybridized carbons (Fsp3) is 0.111. The summed E-state index contributed by atoms with van der Waals surface area (Å²) in [5.41, 5.74) is 2.85. The van der Waals surface area contributed by atoms with E-state index in [9.17, 15) is 4.79 Å². The summed E-state index contributed by atoms with van der Waals surface area (Å²) in [5.74, 6) is 0.880. The average molecular weight is 308 g/mol. The van der Waals surface area contributed by atoms with Crippen LogP contribution in [0.3, 0.4) is 0 Å². The first-order valence-corrected chi connectivity index (χ1v) is 8.13. The Hall–Kier alpha value is -2.33. The highest BCUT2D eigenvalue weighted by atomic mass is 32.2. The summed E-state index contributed by atoms with van der Waals surface area (Å²) in [6.07, 6.45) is 0.949. The fourth-order valence-electron chi connectivity index (χ4n) is 2.17. The Balaban J connectivity index is 1.72. The van der Waals surface area contributed by atoms with Crippen LogP contribution in [0.5, 0.6) is 0 Å². The third-order valence-electron chi connectivity index (χ3n) is 3.26. The van der Waals surface area contributed by atoms with Gasteiger partial charge in [-0.05, 0) is 12.0 Å². The first kappa shape index (κ1) is 14.6. The van der Waals surface area contributed by atoms with Gasteiger partial charge in [-0.1, -0.05) is 72.4 Å². The van der Waals surface area contributed by atoms with E-state index in [0.717, 1.165) is 17.7 Å². The molecule has 110 valence electrons. The topological polar surface area (TPSA) is 45.8 Å². The van der Waals surface area contributed by atoms with Crippen molar-refractivity contribution >= 4 is 11.8 Å². The van der Waals surface area contributed by atoms with Crippen LogP contribution in [0.15, 0.2) is 76.7 Å². The second kappa shape index (κ2) is 7.09. The molecule has 0 aliphatic carbocycles. The van der Waals surface area contributed by atoms with Crippen LogP contribution < -0.4 is 5.56 Å². The van der Waals surface area contributed by atoms with Crippen molar-refractivity contribution in [3.63, 3.8) is 0 Å². The van der Waals surface area contributed by atoms with Crippen molar-refractivity contribution in [2.45, 2.75) is 11.6 Å². The van der Waals surface area contributed by atoms with Gasteiger partial charge in [-0.15, -0.1) is 0 Å². The zero-order chi connectivity index (χ0) is 15.2. The van der Waals surface area contributed by atoms with Crippen LogP contribution in [0.25, 0.3) is 11.3 Å². The maximum Gasteiger partial charge on any atom is 0.252 e. The van der Waals surface area contributed by atoms with Crippen LogP contribution >= 0.6 is 11.8 Å². The third-order valence-corrected chi connectivity index (χ3v) is 4.14. The van der Waals surface area contributed by atoms with Gasteiger partial charge in [0.2, 0.25) is 0 Å². The van der Waals surface area contributed by atoms with Gasteiger partial charge in [0.25, 0.3) is 5.56 Å². The molecule has 0 atom stereocenters. The van der Waals surface area contributed by atoms with E-state index in [4.69, 9.17) is 0 Å². The second-order valence-corrected chi connectivity index (χ2v) is 5.97. The quantitative estimate of drug-likeness (QED) is 0.576. The normalized spacial score (nSPS) is 10.5. The van der Waals surface area contributed by atoms with Crippen molar-refractivity contribution in [2.24, 2.45) is 0 Å². The minimum Gasteiger partial charge on any atom is -0.301 e. The molecule has 22 heavy (non-hydrogen) atoms. The lowest BCUT2D eigenvalue weighted by Crippen LogP contribution is -2.08. The number of nitrogens with zero attached hydrogens (tertiary/aromatic N) is 1. The second-order valence-electron chi connectivity index (χ2n) is 4.89.